The van der Waals surface area contributed by atoms with Crippen molar-refractivity contribution in [1.29, 1.82) is 5.26 Å². The maximum atomic E-state index is 13.5. The standard InChI is InChI=1S/C22H34ClF3N6O/c23-17-4-3-13(8-16(17)22(24,25)26)18-29-10-14(11-30-20(33)21(12-28)5-6-21)19(31-18)32-7-1-2-15(32)9-27/h13-19,29,31H,1-11,27H2,(H,30,33)/t13?,14?,15-,16?,17?,18?,19?/m1/s1. The first-order valence-electron chi connectivity index (χ1n) is 12.0. The average molecular weight is 491 g/mol. The van der Waals surface area contributed by atoms with E-state index >= 15 is 0 Å². The second kappa shape index (κ2) is 9.86. The first-order chi connectivity index (χ1) is 15.7. The molecule has 7 atom stereocenters. The van der Waals surface area contributed by atoms with Gasteiger partial charge >= 0.3 is 6.18 Å². The first-order valence-corrected chi connectivity index (χ1v) is 12.5. The largest absolute Gasteiger partial charge is 0.393 e. The third-order valence-electron chi connectivity index (χ3n) is 8.07. The van der Waals surface area contributed by atoms with Crippen molar-refractivity contribution < 1.29 is 18.0 Å². The van der Waals surface area contributed by atoms with Crippen LogP contribution in [0.3, 0.4) is 0 Å². The number of carbonyl (C=O) groups excluding carboxylic acids is 1. The molecule has 7 nitrogen and oxygen atoms in total. The molecule has 0 bridgehead atoms. The number of likely N-dealkylation sites (tertiary alicyclic amines) is 1. The van der Waals surface area contributed by atoms with Gasteiger partial charge in [0, 0.05) is 43.5 Å². The number of carbonyl (C=O) groups is 1. The van der Waals surface area contributed by atoms with E-state index in [0.717, 1.165) is 19.4 Å². The van der Waals surface area contributed by atoms with E-state index < -0.39 is 22.9 Å². The summed E-state index contributed by atoms with van der Waals surface area (Å²) in [5.74, 6) is -1.90. The maximum absolute atomic E-state index is 13.5. The van der Waals surface area contributed by atoms with E-state index in [1.54, 1.807) is 0 Å². The molecule has 4 aliphatic rings. The van der Waals surface area contributed by atoms with Gasteiger partial charge in [-0.25, -0.2) is 0 Å². The highest BCUT2D eigenvalue weighted by atomic mass is 35.5. The second-order valence-electron chi connectivity index (χ2n) is 10.2. The van der Waals surface area contributed by atoms with E-state index in [-0.39, 0.29) is 42.5 Å². The van der Waals surface area contributed by atoms with Gasteiger partial charge in [-0.1, -0.05) is 0 Å². The summed E-state index contributed by atoms with van der Waals surface area (Å²) in [6, 6.07) is 2.32. The third kappa shape index (κ3) is 5.27. The molecule has 5 N–H and O–H groups in total. The van der Waals surface area contributed by atoms with Crippen LogP contribution in [-0.4, -0.2) is 66.9 Å². The molecule has 0 radical (unpaired) electrons. The molecule has 11 heteroatoms. The summed E-state index contributed by atoms with van der Waals surface area (Å²) in [5.41, 5.74) is 5.13. The molecule has 0 aromatic heterocycles. The average Bonchev–Trinajstić information content (AvgIpc) is 3.46. The van der Waals surface area contributed by atoms with Crippen molar-refractivity contribution in [3.8, 4) is 6.07 Å². The van der Waals surface area contributed by atoms with Crippen molar-refractivity contribution in [2.45, 2.75) is 74.9 Å². The Balaban J connectivity index is 1.44. The molecular weight excluding hydrogens is 457 g/mol. The van der Waals surface area contributed by atoms with Crippen molar-refractivity contribution in [2.24, 2.45) is 28.9 Å². The van der Waals surface area contributed by atoms with Crippen LogP contribution in [0.4, 0.5) is 13.2 Å². The molecule has 4 rings (SSSR count). The Labute approximate surface area is 197 Å². The maximum Gasteiger partial charge on any atom is 0.393 e. The number of alkyl halides is 4. The number of hydrogen-bond donors (Lipinski definition) is 4. The molecule has 2 aliphatic carbocycles. The molecule has 2 saturated heterocycles. The molecule has 6 unspecified atom stereocenters. The molecule has 1 amide bonds. The number of nitriles is 1. The zero-order valence-corrected chi connectivity index (χ0v) is 19.5. The van der Waals surface area contributed by atoms with Crippen molar-refractivity contribution in [1.82, 2.24) is 20.9 Å². The zero-order valence-electron chi connectivity index (χ0n) is 18.7. The normalized spacial score (nSPS) is 39.1. The van der Waals surface area contributed by atoms with Gasteiger partial charge in [0.2, 0.25) is 5.91 Å². The van der Waals surface area contributed by atoms with Crippen molar-refractivity contribution in [3.05, 3.63) is 0 Å². The van der Waals surface area contributed by atoms with Crippen LogP contribution in [0.2, 0.25) is 0 Å². The lowest BCUT2D eigenvalue weighted by atomic mass is 9.78. The SMILES string of the molecule is N#CC1(C(=O)NCC2CNC(C3CCC(Cl)C(C(F)(F)F)C3)NC2N2CCC[C@@H]2CN)CC1. The summed E-state index contributed by atoms with van der Waals surface area (Å²) in [7, 11) is 0. The summed E-state index contributed by atoms with van der Waals surface area (Å²) < 4.78 is 40.5. The summed E-state index contributed by atoms with van der Waals surface area (Å²) in [6.07, 6.45) is -0.519. The Morgan fingerprint density at radius 2 is 2.06 bits per heavy atom. The van der Waals surface area contributed by atoms with E-state index in [4.69, 9.17) is 17.3 Å². The second-order valence-corrected chi connectivity index (χ2v) is 10.7. The monoisotopic (exact) mass is 490 g/mol. The third-order valence-corrected chi connectivity index (χ3v) is 8.59. The van der Waals surface area contributed by atoms with E-state index in [9.17, 15) is 23.2 Å². The molecule has 2 heterocycles. The molecular formula is C22H34ClF3N6O. The predicted molar refractivity (Wildman–Crippen MR) is 118 cm³/mol. The highest BCUT2D eigenvalue weighted by Gasteiger charge is 2.52. The summed E-state index contributed by atoms with van der Waals surface area (Å²) >= 11 is 6.04. The Kier molecular flexibility index (Phi) is 7.47. The van der Waals surface area contributed by atoms with Crippen molar-refractivity contribution >= 4 is 17.5 Å². The summed E-state index contributed by atoms with van der Waals surface area (Å²) in [6.45, 7) is 2.33. The molecule has 0 aromatic rings. The minimum atomic E-state index is -4.30. The number of nitrogens with zero attached hydrogens (tertiary/aromatic N) is 2. The number of nitrogens with one attached hydrogen (secondary N) is 3. The van der Waals surface area contributed by atoms with Crippen LogP contribution in [0.15, 0.2) is 0 Å². The fourth-order valence-electron chi connectivity index (χ4n) is 5.81. The Bertz CT molecular complexity index is 757. The molecule has 2 aliphatic heterocycles. The number of halogens is 4. The topological polar surface area (TPSA) is 106 Å². The van der Waals surface area contributed by atoms with E-state index in [1.165, 1.54) is 0 Å². The summed E-state index contributed by atoms with van der Waals surface area (Å²) in [4.78, 5) is 14.8. The van der Waals surface area contributed by atoms with Gasteiger partial charge in [-0.15, -0.1) is 11.6 Å². The van der Waals surface area contributed by atoms with Gasteiger partial charge in [0.25, 0.3) is 0 Å². The van der Waals surface area contributed by atoms with Crippen LogP contribution in [0.1, 0.15) is 44.9 Å². The van der Waals surface area contributed by atoms with Gasteiger partial charge in [0.05, 0.1) is 24.3 Å². The first kappa shape index (κ1) is 25.0. The molecule has 0 aromatic carbocycles. The van der Waals surface area contributed by atoms with Gasteiger partial charge < -0.3 is 16.4 Å². The van der Waals surface area contributed by atoms with E-state index in [1.807, 2.05) is 0 Å². The number of hydrogen-bond acceptors (Lipinski definition) is 6. The highest BCUT2D eigenvalue weighted by molar-refractivity contribution is 6.20. The molecule has 0 spiro atoms. The highest BCUT2D eigenvalue weighted by Crippen LogP contribution is 2.45. The fourth-order valence-corrected chi connectivity index (χ4v) is 6.19. The van der Waals surface area contributed by atoms with E-state index in [2.05, 4.69) is 26.9 Å². The summed E-state index contributed by atoms with van der Waals surface area (Å²) in [5, 5.41) is 18.4. The van der Waals surface area contributed by atoms with Crippen LogP contribution in [-0.2, 0) is 4.79 Å². The van der Waals surface area contributed by atoms with Crippen molar-refractivity contribution in [2.75, 3.05) is 26.2 Å². The number of rotatable bonds is 6. The molecule has 186 valence electrons. The molecule has 33 heavy (non-hydrogen) atoms. The minimum absolute atomic E-state index is 0.00145. The lowest BCUT2D eigenvalue weighted by molar-refractivity contribution is -0.186. The molecule has 4 fully saturated rings. The van der Waals surface area contributed by atoms with Gasteiger partial charge in [-0.3, -0.25) is 15.0 Å². The molecule has 2 saturated carbocycles. The number of nitrogens with two attached hydrogens (primary N) is 1. The van der Waals surface area contributed by atoms with Crippen LogP contribution in [0.5, 0.6) is 0 Å². The van der Waals surface area contributed by atoms with Gasteiger partial charge in [0.15, 0.2) is 0 Å². The number of amides is 1. The Morgan fingerprint density at radius 1 is 1.30 bits per heavy atom. The minimum Gasteiger partial charge on any atom is -0.354 e. The lowest BCUT2D eigenvalue weighted by Crippen LogP contribution is -2.69. The predicted octanol–water partition coefficient (Wildman–Crippen LogP) is 1.88. The van der Waals surface area contributed by atoms with Gasteiger partial charge in [-0.05, 0) is 50.9 Å². The smallest absolute Gasteiger partial charge is 0.354 e. The Hall–Kier alpha value is -1.12. The van der Waals surface area contributed by atoms with Gasteiger partial charge in [-0.2, -0.15) is 18.4 Å². The quantitative estimate of drug-likeness (QED) is 0.424. The van der Waals surface area contributed by atoms with Crippen LogP contribution in [0, 0.1) is 34.5 Å². The van der Waals surface area contributed by atoms with Crippen molar-refractivity contribution in [3.63, 3.8) is 0 Å². The fraction of sp³-hybridized carbons (Fsp3) is 0.909. The zero-order chi connectivity index (χ0) is 23.8. The van der Waals surface area contributed by atoms with Crippen LogP contribution < -0.4 is 21.7 Å². The van der Waals surface area contributed by atoms with Crippen LogP contribution in [0.25, 0.3) is 0 Å². The van der Waals surface area contributed by atoms with Crippen LogP contribution >= 0.6 is 11.6 Å². The van der Waals surface area contributed by atoms with E-state index in [0.29, 0.717) is 45.3 Å². The van der Waals surface area contributed by atoms with Gasteiger partial charge in [0.1, 0.15) is 5.41 Å². The Morgan fingerprint density at radius 3 is 2.70 bits per heavy atom. The lowest BCUT2D eigenvalue weighted by Gasteiger charge is -2.48.